The molecule has 0 fully saturated rings. The first-order chi connectivity index (χ1) is 6.70. The van der Waals surface area contributed by atoms with Crippen molar-refractivity contribution in [3.05, 3.63) is 42.4 Å². The first kappa shape index (κ1) is 10.4. The maximum Gasteiger partial charge on any atom is 0.188 e. The number of carbonyl (C=O) groups excluding carboxylic acids is 1. The van der Waals surface area contributed by atoms with Gasteiger partial charge in [0.2, 0.25) is 0 Å². The van der Waals surface area contributed by atoms with Crippen molar-refractivity contribution in [2.24, 2.45) is 0 Å². The van der Waals surface area contributed by atoms with Crippen LogP contribution in [0, 0.1) is 0 Å². The van der Waals surface area contributed by atoms with Gasteiger partial charge in [-0.25, -0.2) is 0 Å². The zero-order chi connectivity index (χ0) is 10.4. The van der Waals surface area contributed by atoms with Gasteiger partial charge in [-0.2, -0.15) is 0 Å². The van der Waals surface area contributed by atoms with Gasteiger partial charge in [0.15, 0.2) is 5.78 Å². The Labute approximate surface area is 83.9 Å². The quantitative estimate of drug-likeness (QED) is 0.581. The smallest absolute Gasteiger partial charge is 0.188 e. The molecule has 0 atom stereocenters. The second-order valence-electron chi connectivity index (χ2n) is 3.26. The second-order valence-corrected chi connectivity index (χ2v) is 3.26. The first-order valence-corrected chi connectivity index (χ1v) is 4.57. The lowest BCUT2D eigenvalue weighted by molar-refractivity contribution is 0.104. The lowest BCUT2D eigenvalue weighted by Gasteiger charge is -2.01. The first-order valence-electron chi connectivity index (χ1n) is 4.57. The Balaban J connectivity index is 2.55. The summed E-state index contributed by atoms with van der Waals surface area (Å²) in [5.41, 5.74) is 0.606. The van der Waals surface area contributed by atoms with Crippen LogP contribution in [0.15, 0.2) is 36.8 Å². The number of carbonyl (C=O) groups is 1. The Bertz CT molecular complexity index is 317. The van der Waals surface area contributed by atoms with Crippen molar-refractivity contribution in [2.75, 3.05) is 0 Å². The minimum absolute atomic E-state index is 0.0359. The van der Waals surface area contributed by atoms with E-state index in [1.807, 2.05) is 13.8 Å². The van der Waals surface area contributed by atoms with Gasteiger partial charge >= 0.3 is 0 Å². The molecule has 0 unspecified atom stereocenters. The molecule has 0 amide bonds. The molecule has 74 valence electrons. The maximum atomic E-state index is 11.5. The van der Waals surface area contributed by atoms with E-state index in [0.717, 1.165) is 0 Å². The molecule has 0 saturated heterocycles. The zero-order valence-corrected chi connectivity index (χ0v) is 8.40. The Morgan fingerprint density at radius 2 is 2.36 bits per heavy atom. The summed E-state index contributed by atoms with van der Waals surface area (Å²) in [7, 11) is 0. The molecule has 1 N–H and O–H groups in total. The zero-order valence-electron chi connectivity index (χ0n) is 8.40. The highest BCUT2D eigenvalue weighted by atomic mass is 16.1. The van der Waals surface area contributed by atoms with Gasteiger partial charge < -0.3 is 5.32 Å². The standard InChI is InChI=1S/C11H14N2O/c1-9(2)13-7-5-11(14)10-4-3-6-12-8-10/h3-9,13H,1-2H3/b7-5-. The third-order valence-corrected chi connectivity index (χ3v) is 1.61. The van der Waals surface area contributed by atoms with Crippen LogP contribution in [0.5, 0.6) is 0 Å². The molecular weight excluding hydrogens is 176 g/mol. The fraction of sp³-hybridized carbons (Fsp3) is 0.273. The molecule has 14 heavy (non-hydrogen) atoms. The SMILES string of the molecule is CC(C)N/C=C\C(=O)c1cccnc1. The fourth-order valence-electron chi connectivity index (χ4n) is 0.921. The van der Waals surface area contributed by atoms with Crippen molar-refractivity contribution in [3.63, 3.8) is 0 Å². The summed E-state index contributed by atoms with van der Waals surface area (Å²) in [6, 6.07) is 3.83. The number of allylic oxidation sites excluding steroid dienone is 1. The average Bonchev–Trinajstić information content (AvgIpc) is 2.18. The predicted molar refractivity (Wildman–Crippen MR) is 56.0 cm³/mol. The Hall–Kier alpha value is -1.64. The molecule has 1 heterocycles. The van der Waals surface area contributed by atoms with Crippen molar-refractivity contribution in [1.82, 2.24) is 10.3 Å². The van der Waals surface area contributed by atoms with E-state index >= 15 is 0 Å². The topological polar surface area (TPSA) is 42.0 Å². The van der Waals surface area contributed by atoms with Crippen LogP contribution in [-0.2, 0) is 0 Å². The van der Waals surface area contributed by atoms with Crippen LogP contribution in [0.25, 0.3) is 0 Å². The molecule has 0 radical (unpaired) electrons. The van der Waals surface area contributed by atoms with Crippen LogP contribution in [0.3, 0.4) is 0 Å². The van der Waals surface area contributed by atoms with Gasteiger partial charge in [0.05, 0.1) is 0 Å². The summed E-state index contributed by atoms with van der Waals surface area (Å²) in [5, 5.41) is 3.02. The molecule has 1 rings (SSSR count). The number of hydrogen-bond acceptors (Lipinski definition) is 3. The number of ketones is 1. The number of rotatable bonds is 4. The Morgan fingerprint density at radius 3 is 2.93 bits per heavy atom. The minimum Gasteiger partial charge on any atom is -0.389 e. The molecule has 0 aromatic carbocycles. The minimum atomic E-state index is -0.0359. The van der Waals surface area contributed by atoms with E-state index in [9.17, 15) is 4.79 Å². The maximum absolute atomic E-state index is 11.5. The molecule has 1 aromatic heterocycles. The van der Waals surface area contributed by atoms with Gasteiger partial charge in [-0.1, -0.05) is 0 Å². The van der Waals surface area contributed by atoms with Crippen molar-refractivity contribution >= 4 is 5.78 Å². The van der Waals surface area contributed by atoms with Gasteiger partial charge in [-0.05, 0) is 26.0 Å². The lowest BCUT2D eigenvalue weighted by Crippen LogP contribution is -2.15. The summed E-state index contributed by atoms with van der Waals surface area (Å²) >= 11 is 0. The summed E-state index contributed by atoms with van der Waals surface area (Å²) < 4.78 is 0. The Morgan fingerprint density at radius 1 is 1.57 bits per heavy atom. The summed E-state index contributed by atoms with van der Waals surface area (Å²) in [5.74, 6) is -0.0359. The van der Waals surface area contributed by atoms with E-state index < -0.39 is 0 Å². The van der Waals surface area contributed by atoms with Crippen LogP contribution < -0.4 is 5.32 Å². The van der Waals surface area contributed by atoms with E-state index in [1.165, 1.54) is 6.08 Å². The van der Waals surface area contributed by atoms with Crippen LogP contribution >= 0.6 is 0 Å². The summed E-state index contributed by atoms with van der Waals surface area (Å²) in [6.07, 6.45) is 6.38. The molecule has 0 spiro atoms. The summed E-state index contributed by atoms with van der Waals surface area (Å²) in [6.45, 7) is 4.03. The van der Waals surface area contributed by atoms with Crippen LogP contribution in [0.1, 0.15) is 24.2 Å². The molecule has 0 aliphatic heterocycles. The highest BCUT2D eigenvalue weighted by molar-refractivity contribution is 6.04. The third-order valence-electron chi connectivity index (χ3n) is 1.61. The molecule has 0 aliphatic carbocycles. The number of pyridine rings is 1. The lowest BCUT2D eigenvalue weighted by atomic mass is 10.2. The van der Waals surface area contributed by atoms with E-state index in [4.69, 9.17) is 0 Å². The van der Waals surface area contributed by atoms with Crippen molar-refractivity contribution in [1.29, 1.82) is 0 Å². The van der Waals surface area contributed by atoms with E-state index in [-0.39, 0.29) is 5.78 Å². The Kier molecular flexibility index (Phi) is 3.85. The molecule has 0 saturated carbocycles. The summed E-state index contributed by atoms with van der Waals surface area (Å²) in [4.78, 5) is 15.3. The van der Waals surface area contributed by atoms with Crippen molar-refractivity contribution in [3.8, 4) is 0 Å². The van der Waals surface area contributed by atoms with E-state index in [0.29, 0.717) is 11.6 Å². The van der Waals surface area contributed by atoms with Gasteiger partial charge in [-0.15, -0.1) is 0 Å². The third kappa shape index (κ3) is 3.39. The van der Waals surface area contributed by atoms with Gasteiger partial charge in [0.25, 0.3) is 0 Å². The van der Waals surface area contributed by atoms with Gasteiger partial charge in [-0.3, -0.25) is 9.78 Å². The number of nitrogens with one attached hydrogen (secondary N) is 1. The fourth-order valence-corrected chi connectivity index (χ4v) is 0.921. The van der Waals surface area contributed by atoms with Crippen LogP contribution in [0.4, 0.5) is 0 Å². The number of aromatic nitrogens is 1. The number of hydrogen-bond donors (Lipinski definition) is 1. The second kappa shape index (κ2) is 5.17. The highest BCUT2D eigenvalue weighted by Gasteiger charge is 1.99. The largest absolute Gasteiger partial charge is 0.389 e. The molecule has 3 nitrogen and oxygen atoms in total. The van der Waals surface area contributed by atoms with Crippen molar-refractivity contribution in [2.45, 2.75) is 19.9 Å². The van der Waals surface area contributed by atoms with E-state index in [1.54, 1.807) is 30.7 Å². The van der Waals surface area contributed by atoms with Crippen LogP contribution in [0.2, 0.25) is 0 Å². The number of nitrogens with zero attached hydrogens (tertiary/aromatic N) is 1. The predicted octanol–water partition coefficient (Wildman–Crippen LogP) is 1.78. The van der Waals surface area contributed by atoms with Crippen molar-refractivity contribution < 1.29 is 4.79 Å². The monoisotopic (exact) mass is 190 g/mol. The normalized spacial score (nSPS) is 10.8. The average molecular weight is 190 g/mol. The van der Waals surface area contributed by atoms with E-state index in [2.05, 4.69) is 10.3 Å². The molecule has 3 heteroatoms. The molecule has 1 aromatic rings. The van der Waals surface area contributed by atoms with Gasteiger partial charge in [0, 0.05) is 36.3 Å². The van der Waals surface area contributed by atoms with Gasteiger partial charge in [0.1, 0.15) is 0 Å². The highest BCUT2D eigenvalue weighted by Crippen LogP contribution is 1.97. The van der Waals surface area contributed by atoms with Crippen LogP contribution in [-0.4, -0.2) is 16.8 Å². The molecule has 0 bridgehead atoms. The molecular formula is C11H14N2O. The molecule has 0 aliphatic rings.